The predicted molar refractivity (Wildman–Crippen MR) is 72.2 cm³/mol. The quantitative estimate of drug-likeness (QED) is 0.531. The maximum atomic E-state index is 11.6. The van der Waals surface area contributed by atoms with Crippen LogP contribution in [0.4, 0.5) is 17.5 Å². The molecule has 2 aromatic rings. The van der Waals surface area contributed by atoms with Crippen LogP contribution in [0, 0.1) is 0 Å². The highest BCUT2D eigenvalue weighted by Gasteiger charge is 2.07. The van der Waals surface area contributed by atoms with Crippen molar-refractivity contribution in [2.45, 2.75) is 5.16 Å². The summed E-state index contributed by atoms with van der Waals surface area (Å²) in [6.45, 7) is 0. The Hall–Kier alpha value is -2.42. The van der Waals surface area contributed by atoms with Gasteiger partial charge in [0, 0.05) is 18.5 Å². The fourth-order valence-corrected chi connectivity index (χ4v) is 1.87. The number of nitrogens with zero attached hydrogens (tertiary/aromatic N) is 4. The number of aromatic nitrogens is 4. The average molecular weight is 277 g/mol. The molecule has 0 fully saturated rings. The molecule has 2 heterocycles. The molecule has 0 unspecified atom stereocenters. The SMILES string of the molecule is Nc1cc(N)nc(SCC(=O)Nc2cnccn2)n1. The number of carbonyl (C=O) groups excluding carboxylic acids is 1. The number of hydrogen-bond acceptors (Lipinski definition) is 8. The molecule has 0 aliphatic carbocycles. The zero-order valence-electron chi connectivity index (χ0n) is 9.78. The van der Waals surface area contributed by atoms with E-state index >= 15 is 0 Å². The molecule has 0 atom stereocenters. The largest absolute Gasteiger partial charge is 0.383 e. The first-order valence-electron chi connectivity index (χ1n) is 5.22. The summed E-state index contributed by atoms with van der Waals surface area (Å²) >= 11 is 1.13. The minimum Gasteiger partial charge on any atom is -0.383 e. The number of hydrogen-bond donors (Lipinski definition) is 3. The van der Waals surface area contributed by atoms with Gasteiger partial charge in [-0.15, -0.1) is 0 Å². The summed E-state index contributed by atoms with van der Waals surface area (Å²) in [4.78, 5) is 27.3. The second kappa shape index (κ2) is 5.96. The van der Waals surface area contributed by atoms with Crippen LogP contribution < -0.4 is 16.8 Å². The van der Waals surface area contributed by atoms with E-state index in [1.54, 1.807) is 0 Å². The zero-order chi connectivity index (χ0) is 13.7. The first kappa shape index (κ1) is 13.0. The van der Waals surface area contributed by atoms with Gasteiger partial charge >= 0.3 is 0 Å². The smallest absolute Gasteiger partial charge is 0.236 e. The lowest BCUT2D eigenvalue weighted by Crippen LogP contribution is -2.15. The molecule has 0 saturated carbocycles. The molecule has 0 saturated heterocycles. The van der Waals surface area contributed by atoms with E-state index in [0.29, 0.717) is 11.0 Å². The number of thioether (sulfide) groups is 1. The lowest BCUT2D eigenvalue weighted by atomic mass is 10.5. The zero-order valence-corrected chi connectivity index (χ0v) is 10.6. The van der Waals surface area contributed by atoms with Crippen molar-refractivity contribution in [2.75, 3.05) is 22.5 Å². The molecule has 0 aromatic carbocycles. The molecule has 0 bridgehead atoms. The second-order valence-electron chi connectivity index (χ2n) is 3.43. The number of carbonyl (C=O) groups is 1. The molecule has 19 heavy (non-hydrogen) atoms. The van der Waals surface area contributed by atoms with Gasteiger partial charge in [-0.1, -0.05) is 11.8 Å². The van der Waals surface area contributed by atoms with Crippen LogP contribution in [0.15, 0.2) is 29.8 Å². The molecule has 0 aliphatic heterocycles. The van der Waals surface area contributed by atoms with E-state index in [1.165, 1.54) is 24.7 Å². The number of amides is 1. The van der Waals surface area contributed by atoms with Crippen molar-refractivity contribution in [3.05, 3.63) is 24.7 Å². The van der Waals surface area contributed by atoms with Gasteiger partial charge in [0.15, 0.2) is 11.0 Å². The van der Waals surface area contributed by atoms with Crippen LogP contribution >= 0.6 is 11.8 Å². The van der Waals surface area contributed by atoms with Gasteiger partial charge in [0.25, 0.3) is 0 Å². The highest BCUT2D eigenvalue weighted by Crippen LogP contribution is 2.16. The highest BCUT2D eigenvalue weighted by atomic mass is 32.2. The van der Waals surface area contributed by atoms with Gasteiger partial charge in [0.2, 0.25) is 5.91 Å². The van der Waals surface area contributed by atoms with Crippen LogP contribution in [0.2, 0.25) is 0 Å². The molecule has 2 rings (SSSR count). The Morgan fingerprint density at radius 1 is 1.26 bits per heavy atom. The normalized spacial score (nSPS) is 10.1. The van der Waals surface area contributed by atoms with Gasteiger partial charge in [-0.05, 0) is 0 Å². The van der Waals surface area contributed by atoms with Crippen LogP contribution in [0.25, 0.3) is 0 Å². The topological polar surface area (TPSA) is 133 Å². The number of anilines is 3. The third kappa shape index (κ3) is 4.07. The van der Waals surface area contributed by atoms with Crippen molar-refractivity contribution in [3.8, 4) is 0 Å². The lowest BCUT2D eigenvalue weighted by molar-refractivity contribution is -0.113. The third-order valence-electron chi connectivity index (χ3n) is 1.91. The van der Waals surface area contributed by atoms with Gasteiger partial charge in [-0.2, -0.15) is 0 Å². The van der Waals surface area contributed by atoms with Crippen LogP contribution in [0.1, 0.15) is 0 Å². The van der Waals surface area contributed by atoms with Crippen molar-refractivity contribution in [2.24, 2.45) is 0 Å². The summed E-state index contributed by atoms with van der Waals surface area (Å²) < 4.78 is 0. The highest BCUT2D eigenvalue weighted by molar-refractivity contribution is 7.99. The van der Waals surface area contributed by atoms with Gasteiger partial charge in [0.05, 0.1) is 11.9 Å². The fourth-order valence-electron chi connectivity index (χ4n) is 1.20. The minimum atomic E-state index is -0.241. The Morgan fingerprint density at radius 2 is 2.00 bits per heavy atom. The van der Waals surface area contributed by atoms with Crippen LogP contribution in [0.5, 0.6) is 0 Å². The fraction of sp³-hybridized carbons (Fsp3) is 0.100. The Kier molecular flexibility index (Phi) is 4.08. The Bertz CT molecular complexity index is 557. The lowest BCUT2D eigenvalue weighted by Gasteiger charge is -2.04. The first-order valence-corrected chi connectivity index (χ1v) is 6.21. The van der Waals surface area contributed by atoms with Crippen molar-refractivity contribution in [1.29, 1.82) is 0 Å². The van der Waals surface area contributed by atoms with Gasteiger partial charge in [-0.3, -0.25) is 9.78 Å². The maximum Gasteiger partial charge on any atom is 0.236 e. The summed E-state index contributed by atoms with van der Waals surface area (Å²) in [5, 5.41) is 2.94. The van der Waals surface area contributed by atoms with Crippen molar-refractivity contribution >= 4 is 35.1 Å². The number of nitrogen functional groups attached to an aromatic ring is 2. The molecule has 8 nitrogen and oxygen atoms in total. The molecular weight excluding hydrogens is 266 g/mol. The summed E-state index contributed by atoms with van der Waals surface area (Å²) in [5.74, 6) is 0.810. The van der Waals surface area contributed by atoms with Crippen molar-refractivity contribution in [3.63, 3.8) is 0 Å². The van der Waals surface area contributed by atoms with E-state index in [2.05, 4.69) is 25.3 Å². The number of nitrogens with two attached hydrogens (primary N) is 2. The maximum absolute atomic E-state index is 11.6. The molecule has 0 aliphatic rings. The molecule has 98 valence electrons. The first-order chi connectivity index (χ1) is 9.13. The molecule has 9 heteroatoms. The van der Waals surface area contributed by atoms with Crippen molar-refractivity contribution < 1.29 is 4.79 Å². The number of rotatable bonds is 4. The van der Waals surface area contributed by atoms with Crippen LogP contribution in [0.3, 0.4) is 0 Å². The summed E-state index contributed by atoms with van der Waals surface area (Å²) in [7, 11) is 0. The van der Waals surface area contributed by atoms with E-state index < -0.39 is 0 Å². The van der Waals surface area contributed by atoms with Crippen LogP contribution in [-0.4, -0.2) is 31.6 Å². The second-order valence-corrected chi connectivity index (χ2v) is 4.37. The standard InChI is InChI=1S/C10H11N7OS/c11-6-3-7(12)16-10(15-6)19-5-9(18)17-8-4-13-1-2-14-8/h1-4H,5H2,(H,14,17,18)(H4,11,12,15,16). The third-order valence-corrected chi connectivity index (χ3v) is 2.76. The molecule has 0 spiro atoms. The predicted octanol–water partition coefficient (Wildman–Crippen LogP) is 0.162. The van der Waals surface area contributed by atoms with Gasteiger partial charge < -0.3 is 16.8 Å². The minimum absolute atomic E-state index is 0.124. The van der Waals surface area contributed by atoms with Crippen LogP contribution in [-0.2, 0) is 4.79 Å². The van der Waals surface area contributed by atoms with E-state index in [9.17, 15) is 4.79 Å². The van der Waals surface area contributed by atoms with Gasteiger partial charge in [-0.25, -0.2) is 15.0 Å². The monoisotopic (exact) mass is 277 g/mol. The van der Waals surface area contributed by atoms with Crippen molar-refractivity contribution in [1.82, 2.24) is 19.9 Å². The average Bonchev–Trinajstić information content (AvgIpc) is 2.36. The molecular formula is C10H11N7OS. The number of nitrogens with one attached hydrogen (secondary N) is 1. The summed E-state index contributed by atoms with van der Waals surface area (Å²) in [5.41, 5.74) is 11.1. The summed E-state index contributed by atoms with van der Waals surface area (Å²) in [6, 6.07) is 1.45. The molecule has 2 aromatic heterocycles. The van der Waals surface area contributed by atoms with E-state index in [4.69, 9.17) is 11.5 Å². The molecule has 0 radical (unpaired) electrons. The molecule has 5 N–H and O–H groups in total. The Balaban J connectivity index is 1.90. The van der Waals surface area contributed by atoms with E-state index in [0.717, 1.165) is 11.8 Å². The molecule has 1 amide bonds. The summed E-state index contributed by atoms with van der Waals surface area (Å²) in [6.07, 6.45) is 4.47. The van der Waals surface area contributed by atoms with E-state index in [-0.39, 0.29) is 23.3 Å². The Labute approximate surface area is 113 Å². The van der Waals surface area contributed by atoms with Gasteiger partial charge in [0.1, 0.15) is 11.6 Å². The Morgan fingerprint density at radius 3 is 2.63 bits per heavy atom. The van der Waals surface area contributed by atoms with E-state index in [1.807, 2.05) is 0 Å².